The summed E-state index contributed by atoms with van der Waals surface area (Å²) in [5.41, 5.74) is 4.23. The monoisotopic (exact) mass is 315 g/mol. The van der Waals surface area contributed by atoms with Crippen LogP contribution in [0, 0.1) is 0 Å². The van der Waals surface area contributed by atoms with Crippen molar-refractivity contribution in [3.8, 4) is 11.3 Å². The van der Waals surface area contributed by atoms with Crippen LogP contribution in [-0.4, -0.2) is 5.91 Å². The predicted molar refractivity (Wildman–Crippen MR) is 72.4 cm³/mol. The van der Waals surface area contributed by atoms with Gasteiger partial charge in [-0.25, -0.2) is 0 Å². The summed E-state index contributed by atoms with van der Waals surface area (Å²) in [6.45, 7) is 0. The van der Waals surface area contributed by atoms with E-state index in [-0.39, 0.29) is 22.1 Å². The molecule has 0 radical (unpaired) electrons. The maximum atomic E-state index is 12.7. The average Bonchev–Trinajstić information content (AvgIpc) is 2.84. The lowest BCUT2D eigenvalue weighted by Gasteiger charge is -2.09. The molecule has 1 aromatic heterocycles. The molecule has 1 aromatic carbocycles. The number of nitrogens with two attached hydrogens (primary N) is 1. The van der Waals surface area contributed by atoms with E-state index >= 15 is 0 Å². The average molecular weight is 316 g/mol. The van der Waals surface area contributed by atoms with Gasteiger partial charge in [0.05, 0.1) is 10.6 Å². The highest BCUT2D eigenvalue weighted by Crippen LogP contribution is 2.36. The zero-order valence-corrected chi connectivity index (χ0v) is 11.2. The van der Waals surface area contributed by atoms with Crippen molar-refractivity contribution in [2.45, 2.75) is 6.18 Å². The van der Waals surface area contributed by atoms with Gasteiger partial charge in [0.1, 0.15) is 11.5 Å². The molecule has 2 N–H and O–H groups in total. The summed E-state index contributed by atoms with van der Waals surface area (Å²) in [5.74, 6) is -0.224. The lowest BCUT2D eigenvalue weighted by atomic mass is 10.1. The van der Waals surface area contributed by atoms with Crippen LogP contribution < -0.4 is 5.73 Å². The van der Waals surface area contributed by atoms with Crippen molar-refractivity contribution in [3.05, 3.63) is 52.8 Å². The van der Waals surface area contributed by atoms with Gasteiger partial charge in [-0.3, -0.25) is 4.79 Å². The Hall–Kier alpha value is -2.21. The largest absolute Gasteiger partial charge is 0.457 e. The Bertz CT molecular complexity index is 704. The first-order chi connectivity index (χ1) is 9.77. The van der Waals surface area contributed by atoms with E-state index in [9.17, 15) is 18.0 Å². The van der Waals surface area contributed by atoms with Crippen LogP contribution in [0.5, 0.6) is 0 Å². The quantitative estimate of drug-likeness (QED) is 0.866. The van der Waals surface area contributed by atoms with Crippen LogP contribution in [0.15, 0.2) is 40.8 Å². The molecular weight excluding hydrogens is 307 g/mol. The molecule has 110 valence electrons. The van der Waals surface area contributed by atoms with E-state index in [4.69, 9.17) is 21.8 Å². The second kappa shape index (κ2) is 5.65. The fraction of sp³-hybridized carbons (Fsp3) is 0.0714. The Morgan fingerprint density at radius 3 is 2.57 bits per heavy atom. The second-order valence-corrected chi connectivity index (χ2v) is 4.54. The van der Waals surface area contributed by atoms with Crippen LogP contribution >= 0.6 is 11.6 Å². The molecule has 21 heavy (non-hydrogen) atoms. The first-order valence-corrected chi connectivity index (χ1v) is 6.09. The number of hydrogen-bond donors (Lipinski definition) is 1. The Kier molecular flexibility index (Phi) is 4.09. The molecule has 0 aliphatic carbocycles. The van der Waals surface area contributed by atoms with Crippen LogP contribution in [0.3, 0.4) is 0 Å². The minimum atomic E-state index is -4.47. The number of amides is 1. The third-order valence-electron chi connectivity index (χ3n) is 2.60. The third-order valence-corrected chi connectivity index (χ3v) is 2.93. The summed E-state index contributed by atoms with van der Waals surface area (Å²) < 4.78 is 43.4. The SMILES string of the molecule is NC(=O)/C=C\c1ccc(-c2cc(C(F)(F)F)ccc2Cl)o1. The summed E-state index contributed by atoms with van der Waals surface area (Å²) in [5, 5.41) is 0.128. The summed E-state index contributed by atoms with van der Waals surface area (Å²) in [6, 6.07) is 5.90. The number of alkyl halides is 3. The van der Waals surface area contributed by atoms with Crippen molar-refractivity contribution in [2.24, 2.45) is 5.73 Å². The lowest BCUT2D eigenvalue weighted by Crippen LogP contribution is -2.05. The van der Waals surface area contributed by atoms with Crippen LogP contribution in [0.4, 0.5) is 13.2 Å². The standard InChI is InChI=1S/C14H9ClF3NO2/c15-11-4-1-8(14(16,17)18)7-10(11)12-5-2-9(21-12)3-6-13(19)20/h1-7H,(H2,19,20)/b6-3-. The summed E-state index contributed by atoms with van der Waals surface area (Å²) in [7, 11) is 0. The number of rotatable bonds is 3. The van der Waals surface area contributed by atoms with Crippen LogP contribution in [0.25, 0.3) is 17.4 Å². The molecule has 0 aliphatic heterocycles. The van der Waals surface area contributed by atoms with E-state index in [2.05, 4.69) is 0 Å². The molecule has 0 saturated carbocycles. The summed E-state index contributed by atoms with van der Waals surface area (Å²) in [4.78, 5) is 10.6. The number of benzene rings is 1. The first-order valence-electron chi connectivity index (χ1n) is 5.72. The van der Waals surface area contributed by atoms with Crippen molar-refractivity contribution >= 4 is 23.6 Å². The van der Waals surface area contributed by atoms with Gasteiger partial charge in [0.25, 0.3) is 0 Å². The fourth-order valence-corrected chi connectivity index (χ4v) is 1.85. The van der Waals surface area contributed by atoms with Crippen molar-refractivity contribution < 1.29 is 22.4 Å². The highest BCUT2D eigenvalue weighted by molar-refractivity contribution is 6.33. The molecule has 0 saturated heterocycles. The maximum Gasteiger partial charge on any atom is 0.416 e. The van der Waals surface area contributed by atoms with Crippen molar-refractivity contribution in [1.29, 1.82) is 0 Å². The number of carbonyl (C=O) groups excluding carboxylic acids is 1. The number of hydrogen-bond acceptors (Lipinski definition) is 2. The van der Waals surface area contributed by atoms with Gasteiger partial charge in [0.2, 0.25) is 5.91 Å². The molecule has 7 heteroatoms. The van der Waals surface area contributed by atoms with Crippen LogP contribution in [0.1, 0.15) is 11.3 Å². The van der Waals surface area contributed by atoms with Gasteiger partial charge < -0.3 is 10.2 Å². The highest BCUT2D eigenvalue weighted by Gasteiger charge is 2.31. The van der Waals surface area contributed by atoms with Gasteiger partial charge in [-0.05, 0) is 36.4 Å². The Morgan fingerprint density at radius 1 is 1.24 bits per heavy atom. The molecule has 0 atom stereocenters. The van der Waals surface area contributed by atoms with Crippen molar-refractivity contribution in [3.63, 3.8) is 0 Å². The minimum absolute atomic E-state index is 0.116. The smallest absolute Gasteiger partial charge is 0.416 e. The van der Waals surface area contributed by atoms with E-state index < -0.39 is 17.6 Å². The summed E-state index contributed by atoms with van der Waals surface area (Å²) >= 11 is 5.90. The van der Waals surface area contributed by atoms with Gasteiger partial charge in [-0.15, -0.1) is 0 Å². The van der Waals surface area contributed by atoms with Gasteiger partial charge in [0.15, 0.2) is 0 Å². The molecule has 2 rings (SSSR count). The molecule has 0 spiro atoms. The molecule has 0 bridgehead atoms. The normalized spacial score (nSPS) is 12.0. The van der Waals surface area contributed by atoms with Gasteiger partial charge >= 0.3 is 6.18 Å². The van der Waals surface area contributed by atoms with Gasteiger partial charge in [-0.1, -0.05) is 11.6 Å². The van der Waals surface area contributed by atoms with Gasteiger partial charge in [-0.2, -0.15) is 13.2 Å². The Labute approximate surface area is 122 Å². The van der Waals surface area contributed by atoms with E-state index in [1.54, 1.807) is 0 Å². The third kappa shape index (κ3) is 3.66. The molecule has 0 fully saturated rings. The van der Waals surface area contributed by atoms with Crippen LogP contribution in [0.2, 0.25) is 5.02 Å². The molecular formula is C14H9ClF3NO2. The second-order valence-electron chi connectivity index (χ2n) is 4.13. The molecule has 3 nitrogen and oxygen atoms in total. The number of primary amides is 1. The van der Waals surface area contributed by atoms with E-state index in [1.807, 2.05) is 0 Å². The van der Waals surface area contributed by atoms with Gasteiger partial charge in [0, 0.05) is 11.6 Å². The van der Waals surface area contributed by atoms with E-state index in [0.29, 0.717) is 0 Å². The topological polar surface area (TPSA) is 56.2 Å². The van der Waals surface area contributed by atoms with Crippen LogP contribution in [-0.2, 0) is 11.0 Å². The molecule has 0 unspecified atom stereocenters. The number of halogens is 4. The zero-order chi connectivity index (χ0) is 15.6. The highest BCUT2D eigenvalue weighted by atomic mass is 35.5. The Balaban J connectivity index is 2.40. The van der Waals surface area contributed by atoms with Crippen molar-refractivity contribution in [2.75, 3.05) is 0 Å². The van der Waals surface area contributed by atoms with E-state index in [1.165, 1.54) is 18.2 Å². The van der Waals surface area contributed by atoms with E-state index in [0.717, 1.165) is 24.3 Å². The van der Waals surface area contributed by atoms with Crippen molar-refractivity contribution in [1.82, 2.24) is 0 Å². The lowest BCUT2D eigenvalue weighted by molar-refractivity contribution is -0.137. The number of furan rings is 1. The fourth-order valence-electron chi connectivity index (χ4n) is 1.64. The molecule has 1 amide bonds. The zero-order valence-electron chi connectivity index (χ0n) is 10.4. The molecule has 0 aliphatic rings. The first kappa shape index (κ1) is 15.2. The molecule has 2 aromatic rings. The predicted octanol–water partition coefficient (Wildman–Crippen LogP) is 4.12. The maximum absolute atomic E-state index is 12.7. The number of carbonyl (C=O) groups is 1. The summed E-state index contributed by atoms with van der Waals surface area (Å²) in [6.07, 6.45) is -2.08. The Morgan fingerprint density at radius 2 is 1.95 bits per heavy atom. The minimum Gasteiger partial charge on any atom is -0.457 e. The molecule has 1 heterocycles.